The Balaban J connectivity index is 1.75. The molecule has 0 aromatic heterocycles. The zero-order valence-corrected chi connectivity index (χ0v) is 19.4. The van der Waals surface area contributed by atoms with Gasteiger partial charge in [0.1, 0.15) is 0 Å². The van der Waals surface area contributed by atoms with Crippen molar-refractivity contribution in [2.45, 2.75) is 17.5 Å². The second-order valence-electron chi connectivity index (χ2n) is 7.92. The van der Waals surface area contributed by atoms with Crippen LogP contribution in [0.3, 0.4) is 0 Å². The summed E-state index contributed by atoms with van der Waals surface area (Å²) < 4.78 is 5.05. The molecule has 0 unspecified atom stereocenters. The molecule has 0 saturated heterocycles. The van der Waals surface area contributed by atoms with Gasteiger partial charge in [0.15, 0.2) is 0 Å². The average molecular weight is 486 g/mol. The first-order valence-electron chi connectivity index (χ1n) is 10.3. The second kappa shape index (κ2) is 9.95. The summed E-state index contributed by atoms with van der Waals surface area (Å²) in [6.45, 7) is 0. The third-order valence-corrected chi connectivity index (χ3v) is 17.3. The summed E-state index contributed by atoms with van der Waals surface area (Å²) in [7, 11) is 0. The molecular formula is C28H28Sb. The van der Waals surface area contributed by atoms with Crippen molar-refractivity contribution < 1.29 is 0 Å². The molecule has 4 aromatic carbocycles. The molecule has 29 heavy (non-hydrogen) atoms. The van der Waals surface area contributed by atoms with E-state index in [9.17, 15) is 0 Å². The van der Waals surface area contributed by atoms with Crippen molar-refractivity contribution in [3.63, 3.8) is 0 Å². The maximum absolute atomic E-state index is 2.58. The van der Waals surface area contributed by atoms with Gasteiger partial charge in [-0.3, -0.25) is 0 Å². The van der Waals surface area contributed by atoms with Crippen molar-refractivity contribution in [3.8, 4) is 0 Å². The Morgan fingerprint density at radius 3 is 0.724 bits per heavy atom. The van der Waals surface area contributed by atoms with Crippen molar-refractivity contribution in [2.75, 3.05) is 0 Å². The van der Waals surface area contributed by atoms with Crippen LogP contribution in [0.2, 0.25) is 0 Å². The van der Waals surface area contributed by atoms with Gasteiger partial charge in [-0.25, -0.2) is 0 Å². The van der Waals surface area contributed by atoms with Gasteiger partial charge >= 0.3 is 180 Å². The van der Waals surface area contributed by atoms with E-state index in [-0.39, 0.29) is 0 Å². The van der Waals surface area contributed by atoms with Gasteiger partial charge in [-0.15, -0.1) is 0 Å². The first-order chi connectivity index (χ1) is 14.3. The minimum absolute atomic E-state index is 1.26. The van der Waals surface area contributed by atoms with Crippen LogP contribution < -0.4 is 0 Å². The summed E-state index contributed by atoms with van der Waals surface area (Å²) in [4.78, 5) is 0. The fourth-order valence-corrected chi connectivity index (χ4v) is 17.4. The Kier molecular flexibility index (Phi) is 6.86. The van der Waals surface area contributed by atoms with Crippen LogP contribution in [0.5, 0.6) is 0 Å². The van der Waals surface area contributed by atoms with E-state index in [1.54, 1.807) is 0 Å². The molecule has 0 bridgehead atoms. The van der Waals surface area contributed by atoms with Crippen molar-refractivity contribution in [2.24, 2.45) is 0 Å². The molecule has 0 N–H and O–H groups in total. The van der Waals surface area contributed by atoms with Crippen LogP contribution >= 0.6 is 0 Å². The standard InChI is InChI=1S/4C7H7.Sb/c4*1-7-5-3-2-4-6-7;/h4*2-6H,1H2;. The number of benzene rings is 4. The van der Waals surface area contributed by atoms with Crippen molar-refractivity contribution in [1.82, 2.24) is 0 Å². The van der Waals surface area contributed by atoms with Crippen LogP contribution in [-0.4, -0.2) is 18.8 Å². The molecule has 0 saturated carbocycles. The predicted molar refractivity (Wildman–Crippen MR) is 126 cm³/mol. The monoisotopic (exact) mass is 485 g/mol. The van der Waals surface area contributed by atoms with E-state index in [2.05, 4.69) is 121 Å². The normalized spacial score (nSPS) is 11.3. The minimum atomic E-state index is -2.58. The second-order valence-corrected chi connectivity index (χ2v) is 19.2. The van der Waals surface area contributed by atoms with E-state index in [1.165, 1.54) is 39.7 Å². The van der Waals surface area contributed by atoms with E-state index in [4.69, 9.17) is 0 Å². The molecule has 1 radical (unpaired) electrons. The van der Waals surface area contributed by atoms with E-state index < -0.39 is 18.8 Å². The molecular weight excluding hydrogens is 458 g/mol. The Hall–Kier alpha value is -2.30. The summed E-state index contributed by atoms with van der Waals surface area (Å²) in [5.41, 5.74) is 6.00. The van der Waals surface area contributed by atoms with E-state index in [1.807, 2.05) is 0 Å². The van der Waals surface area contributed by atoms with Crippen LogP contribution in [0.15, 0.2) is 121 Å². The predicted octanol–water partition coefficient (Wildman–Crippen LogP) is 6.56. The first-order valence-corrected chi connectivity index (χ1v) is 17.5. The molecule has 4 rings (SSSR count). The molecule has 0 atom stereocenters. The van der Waals surface area contributed by atoms with Gasteiger partial charge in [0.05, 0.1) is 0 Å². The van der Waals surface area contributed by atoms with Crippen LogP contribution in [0.25, 0.3) is 0 Å². The molecule has 0 fully saturated rings. The molecule has 0 nitrogen and oxygen atoms in total. The third-order valence-electron chi connectivity index (χ3n) is 5.44. The molecule has 4 aromatic rings. The summed E-state index contributed by atoms with van der Waals surface area (Å²) in [5, 5.41) is 0. The van der Waals surface area contributed by atoms with Gasteiger partial charge < -0.3 is 0 Å². The maximum atomic E-state index is 2.32. The van der Waals surface area contributed by atoms with Gasteiger partial charge in [0.2, 0.25) is 0 Å². The molecule has 145 valence electrons. The fraction of sp³-hybridized carbons (Fsp3) is 0.143. The zero-order valence-electron chi connectivity index (χ0n) is 16.8. The Bertz CT molecular complexity index is 808. The van der Waals surface area contributed by atoms with Gasteiger partial charge in [-0.2, -0.15) is 0 Å². The molecule has 1 heteroatoms. The van der Waals surface area contributed by atoms with E-state index >= 15 is 0 Å². The summed E-state index contributed by atoms with van der Waals surface area (Å²) >= 11 is -2.58. The van der Waals surface area contributed by atoms with E-state index in [0.29, 0.717) is 0 Å². The van der Waals surface area contributed by atoms with Crippen LogP contribution in [0.1, 0.15) is 22.3 Å². The number of hydrogen-bond donors (Lipinski definition) is 0. The van der Waals surface area contributed by atoms with Crippen molar-refractivity contribution >= 4 is 18.8 Å². The Morgan fingerprint density at radius 1 is 0.310 bits per heavy atom. The van der Waals surface area contributed by atoms with Gasteiger partial charge in [0, 0.05) is 0 Å². The molecule has 0 amide bonds. The van der Waals surface area contributed by atoms with Crippen LogP contribution in [-0.2, 0) is 17.5 Å². The summed E-state index contributed by atoms with van der Waals surface area (Å²) in [5.74, 6) is 0. The topological polar surface area (TPSA) is 0 Å². The molecule has 0 spiro atoms. The number of rotatable bonds is 8. The Morgan fingerprint density at radius 2 is 0.517 bits per heavy atom. The molecule has 0 aliphatic carbocycles. The molecule has 0 aliphatic heterocycles. The van der Waals surface area contributed by atoms with Gasteiger partial charge in [-0.05, 0) is 0 Å². The first kappa shape index (κ1) is 20.0. The van der Waals surface area contributed by atoms with Crippen molar-refractivity contribution in [3.05, 3.63) is 144 Å². The van der Waals surface area contributed by atoms with Crippen LogP contribution in [0.4, 0.5) is 0 Å². The van der Waals surface area contributed by atoms with Gasteiger partial charge in [0.25, 0.3) is 0 Å². The average Bonchev–Trinajstić information content (AvgIpc) is 2.76. The quantitative estimate of drug-likeness (QED) is 0.248. The fourth-order valence-electron chi connectivity index (χ4n) is 4.22. The zero-order chi connectivity index (χ0) is 19.8. The molecule has 0 aliphatic rings. The summed E-state index contributed by atoms with van der Waals surface area (Å²) in [6, 6.07) is 44.6. The number of hydrogen-bond acceptors (Lipinski definition) is 0. The van der Waals surface area contributed by atoms with Crippen LogP contribution in [0, 0.1) is 0 Å². The SMILES string of the molecule is c1ccc([CH2][Sb]([CH2]c2ccccc2)([CH2]c2ccccc2)[CH2]c2ccccc2)cc1. The van der Waals surface area contributed by atoms with Crippen molar-refractivity contribution in [1.29, 1.82) is 0 Å². The summed E-state index contributed by atoms with van der Waals surface area (Å²) in [6.07, 6.45) is 0. The Labute approximate surface area is 179 Å². The van der Waals surface area contributed by atoms with E-state index in [0.717, 1.165) is 0 Å². The third kappa shape index (κ3) is 5.84. The van der Waals surface area contributed by atoms with Gasteiger partial charge in [-0.1, -0.05) is 0 Å². The molecule has 0 heterocycles.